The standard InChI is InChI=1S/C11H14ClN3/c1-15-11-7-8(12)4-5-9(11)10(14-15)3-2-6-13/h4-5,7H,2-3,6,13H2,1H3. The van der Waals surface area contributed by atoms with Crippen LogP contribution >= 0.6 is 11.6 Å². The van der Waals surface area contributed by atoms with Crippen LogP contribution in [0, 0.1) is 0 Å². The first-order valence-corrected chi connectivity index (χ1v) is 5.41. The molecule has 3 nitrogen and oxygen atoms in total. The highest BCUT2D eigenvalue weighted by molar-refractivity contribution is 6.31. The molecule has 0 aliphatic carbocycles. The quantitative estimate of drug-likeness (QED) is 0.866. The topological polar surface area (TPSA) is 43.8 Å². The maximum absolute atomic E-state index is 5.94. The van der Waals surface area contributed by atoms with Gasteiger partial charge in [0.1, 0.15) is 0 Å². The molecule has 2 aromatic rings. The molecule has 0 atom stereocenters. The largest absolute Gasteiger partial charge is 0.330 e. The van der Waals surface area contributed by atoms with Gasteiger partial charge in [-0.05, 0) is 37.6 Å². The first-order valence-electron chi connectivity index (χ1n) is 5.03. The summed E-state index contributed by atoms with van der Waals surface area (Å²) in [5, 5.41) is 6.39. The summed E-state index contributed by atoms with van der Waals surface area (Å²) in [7, 11) is 1.94. The second-order valence-corrected chi connectivity index (χ2v) is 4.06. The van der Waals surface area contributed by atoms with E-state index in [1.165, 1.54) is 5.39 Å². The summed E-state index contributed by atoms with van der Waals surface area (Å²) in [4.78, 5) is 0. The number of aryl methyl sites for hydroxylation is 2. The van der Waals surface area contributed by atoms with Crippen LogP contribution in [-0.2, 0) is 13.5 Å². The molecule has 1 aromatic heterocycles. The van der Waals surface area contributed by atoms with Crippen LogP contribution in [0.3, 0.4) is 0 Å². The summed E-state index contributed by atoms with van der Waals surface area (Å²) in [6, 6.07) is 5.86. The number of rotatable bonds is 3. The average Bonchev–Trinajstić information content (AvgIpc) is 2.53. The Balaban J connectivity index is 2.48. The van der Waals surface area contributed by atoms with E-state index in [1.807, 2.05) is 29.9 Å². The van der Waals surface area contributed by atoms with Gasteiger partial charge in [0.05, 0.1) is 11.2 Å². The molecule has 0 aliphatic rings. The Morgan fingerprint density at radius 2 is 2.27 bits per heavy atom. The van der Waals surface area contributed by atoms with E-state index >= 15 is 0 Å². The highest BCUT2D eigenvalue weighted by Gasteiger charge is 2.07. The van der Waals surface area contributed by atoms with Crippen LogP contribution in [0.5, 0.6) is 0 Å². The van der Waals surface area contributed by atoms with Crippen molar-refractivity contribution in [2.45, 2.75) is 12.8 Å². The maximum atomic E-state index is 5.94. The van der Waals surface area contributed by atoms with Crippen LogP contribution in [0.4, 0.5) is 0 Å². The molecule has 0 saturated heterocycles. The van der Waals surface area contributed by atoms with Gasteiger partial charge in [-0.2, -0.15) is 5.10 Å². The first kappa shape index (κ1) is 10.5. The van der Waals surface area contributed by atoms with Crippen molar-refractivity contribution in [3.8, 4) is 0 Å². The van der Waals surface area contributed by atoms with E-state index in [1.54, 1.807) is 0 Å². The molecule has 2 N–H and O–H groups in total. The summed E-state index contributed by atoms with van der Waals surface area (Å²) in [6.45, 7) is 0.700. The summed E-state index contributed by atoms with van der Waals surface area (Å²) in [5.41, 5.74) is 7.68. The molecule has 0 spiro atoms. The molecule has 0 bridgehead atoms. The lowest BCUT2D eigenvalue weighted by atomic mass is 10.1. The van der Waals surface area contributed by atoms with Crippen LogP contribution in [0.25, 0.3) is 10.9 Å². The van der Waals surface area contributed by atoms with Gasteiger partial charge in [0.15, 0.2) is 0 Å². The fraction of sp³-hybridized carbons (Fsp3) is 0.364. The third-order valence-corrected chi connectivity index (χ3v) is 2.74. The van der Waals surface area contributed by atoms with E-state index in [0.29, 0.717) is 6.54 Å². The van der Waals surface area contributed by atoms with E-state index < -0.39 is 0 Å². The van der Waals surface area contributed by atoms with Crippen molar-refractivity contribution in [2.75, 3.05) is 6.54 Å². The van der Waals surface area contributed by atoms with Crippen molar-refractivity contribution in [3.05, 3.63) is 28.9 Å². The van der Waals surface area contributed by atoms with E-state index in [2.05, 4.69) is 5.10 Å². The predicted molar refractivity (Wildman–Crippen MR) is 63.1 cm³/mol. The number of nitrogens with zero attached hydrogens (tertiary/aromatic N) is 2. The van der Waals surface area contributed by atoms with Crippen LogP contribution in [-0.4, -0.2) is 16.3 Å². The molecule has 1 heterocycles. The van der Waals surface area contributed by atoms with Crippen molar-refractivity contribution in [2.24, 2.45) is 12.8 Å². The molecule has 0 fully saturated rings. The molecule has 15 heavy (non-hydrogen) atoms. The van der Waals surface area contributed by atoms with Crippen LogP contribution in [0.15, 0.2) is 18.2 Å². The lowest BCUT2D eigenvalue weighted by Crippen LogP contribution is -2.01. The lowest BCUT2D eigenvalue weighted by Gasteiger charge is -1.95. The zero-order chi connectivity index (χ0) is 10.8. The van der Waals surface area contributed by atoms with Crippen LogP contribution in [0.2, 0.25) is 5.02 Å². The number of fused-ring (bicyclic) bond motifs is 1. The van der Waals surface area contributed by atoms with Gasteiger partial charge in [0.25, 0.3) is 0 Å². The van der Waals surface area contributed by atoms with Gasteiger partial charge < -0.3 is 5.73 Å². The number of hydrogen-bond donors (Lipinski definition) is 1. The Morgan fingerprint density at radius 3 is 3.00 bits per heavy atom. The van der Waals surface area contributed by atoms with E-state index in [0.717, 1.165) is 29.1 Å². The normalized spacial score (nSPS) is 11.1. The van der Waals surface area contributed by atoms with Gasteiger partial charge in [-0.15, -0.1) is 0 Å². The van der Waals surface area contributed by atoms with Crippen molar-refractivity contribution in [3.63, 3.8) is 0 Å². The number of nitrogens with two attached hydrogens (primary N) is 1. The molecule has 80 valence electrons. The highest BCUT2D eigenvalue weighted by atomic mass is 35.5. The first-order chi connectivity index (χ1) is 7.22. The zero-order valence-electron chi connectivity index (χ0n) is 8.70. The van der Waals surface area contributed by atoms with E-state index in [-0.39, 0.29) is 0 Å². The summed E-state index contributed by atoms with van der Waals surface area (Å²) >= 11 is 5.94. The molecule has 0 unspecified atom stereocenters. The Labute approximate surface area is 93.8 Å². The number of benzene rings is 1. The highest BCUT2D eigenvalue weighted by Crippen LogP contribution is 2.22. The molecule has 0 saturated carbocycles. The Hall–Kier alpha value is -1.06. The second-order valence-electron chi connectivity index (χ2n) is 3.62. The van der Waals surface area contributed by atoms with Gasteiger partial charge >= 0.3 is 0 Å². The summed E-state index contributed by atoms with van der Waals surface area (Å²) < 4.78 is 1.87. The van der Waals surface area contributed by atoms with E-state index in [4.69, 9.17) is 17.3 Å². The maximum Gasteiger partial charge on any atom is 0.0703 e. The SMILES string of the molecule is Cn1nc(CCCN)c2ccc(Cl)cc21. The fourth-order valence-corrected chi connectivity index (χ4v) is 1.93. The Morgan fingerprint density at radius 1 is 1.47 bits per heavy atom. The predicted octanol–water partition coefficient (Wildman–Crippen LogP) is 2.12. The van der Waals surface area contributed by atoms with Crippen molar-refractivity contribution in [1.29, 1.82) is 0 Å². The monoisotopic (exact) mass is 223 g/mol. The van der Waals surface area contributed by atoms with Gasteiger partial charge in [-0.3, -0.25) is 4.68 Å². The zero-order valence-corrected chi connectivity index (χ0v) is 9.46. The molecular weight excluding hydrogens is 210 g/mol. The minimum atomic E-state index is 0.700. The summed E-state index contributed by atoms with van der Waals surface area (Å²) in [5.74, 6) is 0. The molecule has 0 radical (unpaired) electrons. The summed E-state index contributed by atoms with van der Waals surface area (Å²) in [6.07, 6.45) is 1.89. The van der Waals surface area contributed by atoms with Gasteiger partial charge in [0, 0.05) is 17.5 Å². The van der Waals surface area contributed by atoms with Gasteiger partial charge in [0.2, 0.25) is 0 Å². The molecule has 1 aromatic carbocycles. The molecule has 2 rings (SSSR count). The second kappa shape index (κ2) is 4.21. The smallest absolute Gasteiger partial charge is 0.0703 e. The van der Waals surface area contributed by atoms with Crippen LogP contribution < -0.4 is 5.73 Å². The lowest BCUT2D eigenvalue weighted by molar-refractivity contribution is 0.739. The van der Waals surface area contributed by atoms with Gasteiger partial charge in [-0.25, -0.2) is 0 Å². The minimum absolute atomic E-state index is 0.700. The third-order valence-electron chi connectivity index (χ3n) is 2.51. The Bertz CT molecular complexity index is 476. The van der Waals surface area contributed by atoms with Crippen molar-refractivity contribution in [1.82, 2.24) is 9.78 Å². The fourth-order valence-electron chi connectivity index (χ4n) is 1.76. The molecule has 0 aliphatic heterocycles. The number of aromatic nitrogens is 2. The Kier molecular flexibility index (Phi) is 2.93. The minimum Gasteiger partial charge on any atom is -0.330 e. The van der Waals surface area contributed by atoms with Crippen LogP contribution in [0.1, 0.15) is 12.1 Å². The average molecular weight is 224 g/mol. The number of halogens is 1. The number of hydrogen-bond acceptors (Lipinski definition) is 2. The molecule has 0 amide bonds. The van der Waals surface area contributed by atoms with E-state index in [9.17, 15) is 0 Å². The van der Waals surface area contributed by atoms with Crippen molar-refractivity contribution < 1.29 is 0 Å². The third kappa shape index (κ3) is 1.98. The van der Waals surface area contributed by atoms with Gasteiger partial charge in [-0.1, -0.05) is 11.6 Å². The molecular formula is C11H14ClN3. The molecule has 4 heteroatoms. The van der Waals surface area contributed by atoms with Crippen molar-refractivity contribution >= 4 is 22.5 Å².